The third-order valence-corrected chi connectivity index (χ3v) is 3.69. The summed E-state index contributed by atoms with van der Waals surface area (Å²) in [4.78, 5) is 17.0. The van der Waals surface area contributed by atoms with Gasteiger partial charge in [0.05, 0.1) is 18.4 Å². The second-order valence-corrected chi connectivity index (χ2v) is 5.55. The lowest BCUT2D eigenvalue weighted by molar-refractivity contribution is 0.102. The molecule has 2 N–H and O–H groups in total. The van der Waals surface area contributed by atoms with Gasteiger partial charge in [0, 0.05) is 11.9 Å². The van der Waals surface area contributed by atoms with Crippen molar-refractivity contribution in [3.63, 3.8) is 0 Å². The predicted octanol–water partition coefficient (Wildman–Crippen LogP) is 4.39. The van der Waals surface area contributed by atoms with E-state index >= 15 is 0 Å². The number of hydrogen-bond acceptors (Lipinski definition) is 4. The first-order valence-corrected chi connectivity index (χ1v) is 7.90. The smallest absolute Gasteiger partial charge is 0.259 e. The van der Waals surface area contributed by atoms with Crippen molar-refractivity contribution in [2.24, 2.45) is 0 Å². The molecule has 5 nitrogen and oxygen atoms in total. The van der Waals surface area contributed by atoms with Crippen LogP contribution in [-0.2, 0) is 0 Å². The van der Waals surface area contributed by atoms with Gasteiger partial charge >= 0.3 is 0 Å². The molecule has 1 aromatic heterocycles. The first-order valence-electron chi connectivity index (χ1n) is 7.90. The van der Waals surface area contributed by atoms with E-state index in [2.05, 4.69) is 15.6 Å². The molecule has 3 aromatic rings. The summed E-state index contributed by atoms with van der Waals surface area (Å²) in [6.07, 6.45) is 1.64. The zero-order valence-corrected chi connectivity index (χ0v) is 14.1. The molecule has 2 aromatic carbocycles. The monoisotopic (exact) mass is 333 g/mol. The lowest BCUT2D eigenvalue weighted by Gasteiger charge is -2.13. The normalized spacial score (nSPS) is 10.2. The maximum absolute atomic E-state index is 12.7. The maximum atomic E-state index is 12.7. The zero-order chi connectivity index (χ0) is 17.6. The molecule has 5 heteroatoms. The first kappa shape index (κ1) is 16.5. The summed E-state index contributed by atoms with van der Waals surface area (Å²) < 4.78 is 5.34. The van der Waals surface area contributed by atoms with Gasteiger partial charge < -0.3 is 15.4 Å². The number of nitrogens with one attached hydrogen (secondary N) is 2. The Morgan fingerprint density at radius 3 is 2.68 bits per heavy atom. The number of pyridine rings is 1. The molecule has 0 radical (unpaired) electrons. The van der Waals surface area contributed by atoms with Gasteiger partial charge in [0.1, 0.15) is 11.6 Å². The molecule has 3 rings (SSSR count). The van der Waals surface area contributed by atoms with Crippen molar-refractivity contribution in [3.05, 3.63) is 78.0 Å². The van der Waals surface area contributed by atoms with Crippen molar-refractivity contribution in [3.8, 4) is 5.75 Å². The first-order chi connectivity index (χ1) is 12.2. The Kier molecular flexibility index (Phi) is 4.95. The number of carbonyl (C=O) groups is 1. The molecule has 0 saturated heterocycles. The maximum Gasteiger partial charge on any atom is 0.259 e. The SMILES string of the molecule is COc1ccccc1Nc1ncccc1C(=O)Nc1cccc(C)c1. The number of amides is 1. The van der Waals surface area contributed by atoms with Gasteiger partial charge in [-0.05, 0) is 48.9 Å². The Morgan fingerprint density at radius 2 is 1.88 bits per heavy atom. The fraction of sp³-hybridized carbons (Fsp3) is 0.100. The van der Waals surface area contributed by atoms with Gasteiger partial charge in [-0.1, -0.05) is 24.3 Å². The van der Waals surface area contributed by atoms with Crippen LogP contribution in [0.4, 0.5) is 17.2 Å². The van der Waals surface area contributed by atoms with Gasteiger partial charge in [-0.3, -0.25) is 4.79 Å². The summed E-state index contributed by atoms with van der Waals surface area (Å²) in [7, 11) is 1.60. The van der Waals surface area contributed by atoms with Crippen LogP contribution in [0.3, 0.4) is 0 Å². The molecule has 0 atom stereocenters. The van der Waals surface area contributed by atoms with Crippen LogP contribution in [0.1, 0.15) is 15.9 Å². The van der Waals surface area contributed by atoms with Gasteiger partial charge in [-0.15, -0.1) is 0 Å². The summed E-state index contributed by atoms with van der Waals surface area (Å²) in [5.41, 5.74) is 3.02. The molecule has 1 amide bonds. The summed E-state index contributed by atoms with van der Waals surface area (Å²) >= 11 is 0. The summed E-state index contributed by atoms with van der Waals surface area (Å²) in [5, 5.41) is 6.08. The van der Waals surface area contributed by atoms with Gasteiger partial charge in [-0.2, -0.15) is 0 Å². The fourth-order valence-electron chi connectivity index (χ4n) is 2.48. The number of rotatable bonds is 5. The Labute approximate surface area is 146 Å². The van der Waals surface area contributed by atoms with Gasteiger partial charge in [0.25, 0.3) is 5.91 Å². The molecule has 0 aliphatic rings. The highest BCUT2D eigenvalue weighted by Gasteiger charge is 2.14. The van der Waals surface area contributed by atoms with E-state index in [1.165, 1.54) is 0 Å². The molecule has 0 aliphatic heterocycles. The number of aryl methyl sites for hydroxylation is 1. The molecule has 0 aliphatic carbocycles. The van der Waals surface area contributed by atoms with E-state index < -0.39 is 0 Å². The average molecular weight is 333 g/mol. The van der Waals surface area contributed by atoms with E-state index in [9.17, 15) is 4.79 Å². The molecular weight excluding hydrogens is 314 g/mol. The molecule has 126 valence electrons. The minimum atomic E-state index is -0.226. The van der Waals surface area contributed by atoms with E-state index in [1.807, 2.05) is 55.5 Å². The molecular formula is C20H19N3O2. The molecule has 25 heavy (non-hydrogen) atoms. The van der Waals surface area contributed by atoms with Crippen LogP contribution >= 0.6 is 0 Å². The summed E-state index contributed by atoms with van der Waals surface area (Å²) in [6.45, 7) is 1.98. The van der Waals surface area contributed by atoms with Crippen molar-refractivity contribution >= 4 is 23.1 Å². The second-order valence-electron chi connectivity index (χ2n) is 5.55. The third-order valence-electron chi connectivity index (χ3n) is 3.69. The standard InChI is InChI=1S/C20H19N3O2/c1-14-7-5-8-15(13-14)22-20(24)16-9-6-12-21-19(16)23-17-10-3-4-11-18(17)25-2/h3-13H,1-2H3,(H,21,23)(H,22,24). The van der Waals surface area contributed by atoms with Crippen LogP contribution in [0.15, 0.2) is 66.9 Å². The number of carbonyl (C=O) groups excluding carboxylic acids is 1. The van der Waals surface area contributed by atoms with Crippen molar-refractivity contribution in [2.75, 3.05) is 17.7 Å². The van der Waals surface area contributed by atoms with Gasteiger partial charge in [0.15, 0.2) is 0 Å². The fourth-order valence-corrected chi connectivity index (χ4v) is 2.48. The highest BCUT2D eigenvalue weighted by molar-refractivity contribution is 6.07. The lowest BCUT2D eigenvalue weighted by Crippen LogP contribution is -2.14. The number of aromatic nitrogens is 1. The molecule has 0 bridgehead atoms. The second kappa shape index (κ2) is 7.49. The van der Waals surface area contributed by atoms with Crippen molar-refractivity contribution < 1.29 is 9.53 Å². The summed E-state index contributed by atoms with van der Waals surface area (Å²) in [6, 6.07) is 18.6. The van der Waals surface area contributed by atoms with Crippen molar-refractivity contribution in [1.82, 2.24) is 4.98 Å². The molecule has 0 spiro atoms. The molecule has 0 fully saturated rings. The number of benzene rings is 2. The number of para-hydroxylation sites is 2. The van der Waals surface area contributed by atoms with Crippen LogP contribution in [0.25, 0.3) is 0 Å². The van der Waals surface area contributed by atoms with Crippen LogP contribution in [0.5, 0.6) is 5.75 Å². The van der Waals surface area contributed by atoms with Gasteiger partial charge in [-0.25, -0.2) is 4.98 Å². The van der Waals surface area contributed by atoms with E-state index in [1.54, 1.807) is 25.4 Å². The number of ether oxygens (including phenoxy) is 1. The largest absolute Gasteiger partial charge is 0.495 e. The highest BCUT2D eigenvalue weighted by atomic mass is 16.5. The molecule has 1 heterocycles. The van der Waals surface area contributed by atoms with Crippen LogP contribution in [0, 0.1) is 6.92 Å². The summed E-state index contributed by atoms with van der Waals surface area (Å²) in [5.74, 6) is 0.923. The number of nitrogens with zero attached hydrogens (tertiary/aromatic N) is 1. The predicted molar refractivity (Wildman–Crippen MR) is 99.6 cm³/mol. The Hall–Kier alpha value is -3.34. The third kappa shape index (κ3) is 3.95. The highest BCUT2D eigenvalue weighted by Crippen LogP contribution is 2.27. The topological polar surface area (TPSA) is 63.2 Å². The van der Waals surface area contributed by atoms with Crippen LogP contribution < -0.4 is 15.4 Å². The van der Waals surface area contributed by atoms with Crippen LogP contribution in [0.2, 0.25) is 0 Å². The zero-order valence-electron chi connectivity index (χ0n) is 14.1. The molecule has 0 unspecified atom stereocenters. The average Bonchev–Trinajstić information content (AvgIpc) is 2.62. The van der Waals surface area contributed by atoms with E-state index in [4.69, 9.17) is 4.74 Å². The quantitative estimate of drug-likeness (QED) is 0.727. The van der Waals surface area contributed by atoms with E-state index in [0.717, 1.165) is 16.9 Å². The van der Waals surface area contributed by atoms with E-state index in [0.29, 0.717) is 17.1 Å². The van der Waals surface area contributed by atoms with E-state index in [-0.39, 0.29) is 5.91 Å². The van der Waals surface area contributed by atoms with Gasteiger partial charge in [0.2, 0.25) is 0 Å². The van der Waals surface area contributed by atoms with Crippen molar-refractivity contribution in [2.45, 2.75) is 6.92 Å². The minimum Gasteiger partial charge on any atom is -0.495 e. The lowest BCUT2D eigenvalue weighted by atomic mass is 10.2. The number of anilines is 3. The number of hydrogen-bond donors (Lipinski definition) is 2. The minimum absolute atomic E-state index is 0.226. The van der Waals surface area contributed by atoms with Crippen LogP contribution in [-0.4, -0.2) is 18.0 Å². The Bertz CT molecular complexity index is 893. The Balaban J connectivity index is 1.86. The Morgan fingerprint density at radius 1 is 1.04 bits per heavy atom. The number of methoxy groups -OCH3 is 1. The molecule has 0 saturated carbocycles. The van der Waals surface area contributed by atoms with Crippen molar-refractivity contribution in [1.29, 1.82) is 0 Å².